The van der Waals surface area contributed by atoms with E-state index in [2.05, 4.69) is 33.0 Å². The van der Waals surface area contributed by atoms with E-state index in [9.17, 15) is 9.59 Å². The Morgan fingerprint density at radius 3 is 2.10 bits per heavy atom. The molecule has 1 amide bonds. The first-order valence-corrected chi connectivity index (χ1v) is 6.93. The Morgan fingerprint density at radius 1 is 1.40 bits per heavy atom. The van der Waals surface area contributed by atoms with Gasteiger partial charge in [-0.15, -0.1) is 0 Å². The first kappa shape index (κ1) is 23.9. The number of carbonyl (C=O) groups is 2. The lowest BCUT2D eigenvalue weighted by atomic mass is 10.2. The van der Waals surface area contributed by atoms with Gasteiger partial charge in [0.1, 0.15) is 5.01 Å². The molecule has 20 heavy (non-hydrogen) atoms. The first-order chi connectivity index (χ1) is 9.31. The van der Waals surface area contributed by atoms with Crippen LogP contribution in [0.4, 0.5) is 4.79 Å². The fraction of sp³-hybridized carbons (Fsp3) is 0.667. The van der Waals surface area contributed by atoms with Gasteiger partial charge in [-0.25, -0.2) is 9.59 Å². The van der Waals surface area contributed by atoms with Crippen LogP contribution in [0.2, 0.25) is 0 Å². The molecule has 0 aliphatic carbocycles. The molecule has 0 aliphatic rings. The average Bonchev–Trinajstić information content (AvgIpc) is 2.35. The van der Waals surface area contributed by atoms with Crippen molar-refractivity contribution >= 4 is 28.0 Å². The van der Waals surface area contributed by atoms with Crippen molar-refractivity contribution in [2.45, 2.75) is 37.6 Å². The third-order valence-electron chi connectivity index (χ3n) is 1.56. The molecule has 0 aromatic heterocycles. The summed E-state index contributed by atoms with van der Waals surface area (Å²) in [5.41, 5.74) is 4.54. The average molecular weight is 358 g/mol. The van der Waals surface area contributed by atoms with Gasteiger partial charge in [-0.2, -0.15) is 0 Å². The Hall–Kier alpha value is -1.12. The van der Waals surface area contributed by atoms with Crippen molar-refractivity contribution in [3.63, 3.8) is 0 Å². The Balaban J connectivity index is -0.000000230. The number of ether oxygens (including phenoxy) is 1. The summed E-state index contributed by atoms with van der Waals surface area (Å²) >= 11 is 3.02. The second-order valence-electron chi connectivity index (χ2n) is 3.30. The summed E-state index contributed by atoms with van der Waals surface area (Å²) < 4.78 is 4.18. The van der Waals surface area contributed by atoms with Gasteiger partial charge in [0.25, 0.3) is 0 Å². The van der Waals surface area contributed by atoms with Crippen LogP contribution in [0, 0.1) is 0 Å². The van der Waals surface area contributed by atoms with Crippen molar-refractivity contribution in [2.75, 3.05) is 13.2 Å². The molecule has 0 bridgehead atoms. The molecule has 0 spiro atoms. The normalized spacial score (nSPS) is 10.0. The Bertz CT molecular complexity index is 248. The molecule has 1 unspecified atom stereocenters. The quantitative estimate of drug-likeness (QED) is 0.311. The standard InChI is InChI=1S/C6H13BrO2.C3H7NO2.C3H4O2/c7-6(9)4-2-1-3-5-8;1-2-6-3(4)5;1-2-3(4)5/h6,8-9H,1-5H2;2H2,1H3,(H2,4,5);2H,1H2,(H,4,5). The minimum Gasteiger partial charge on any atom is -0.478 e. The highest BCUT2D eigenvalue weighted by Crippen LogP contribution is 2.06. The molecule has 0 aromatic carbocycles. The van der Waals surface area contributed by atoms with Crippen LogP contribution in [-0.4, -0.2) is 45.6 Å². The fourth-order valence-corrected chi connectivity index (χ4v) is 1.07. The fourth-order valence-electron chi connectivity index (χ4n) is 0.744. The molecular formula is C12H24BrNO6. The SMILES string of the molecule is C=CC(=O)O.CCOC(N)=O.OCCCCCC(O)Br. The third kappa shape index (κ3) is 43.6. The smallest absolute Gasteiger partial charge is 0.404 e. The summed E-state index contributed by atoms with van der Waals surface area (Å²) in [4.78, 5) is 18.8. The van der Waals surface area contributed by atoms with Gasteiger partial charge in [0, 0.05) is 12.7 Å². The van der Waals surface area contributed by atoms with Crippen LogP contribution >= 0.6 is 15.9 Å². The van der Waals surface area contributed by atoms with Gasteiger partial charge in [0.05, 0.1) is 6.61 Å². The predicted molar refractivity (Wildman–Crippen MR) is 79.5 cm³/mol. The number of aliphatic hydroxyl groups excluding tert-OH is 2. The molecule has 0 heterocycles. The van der Waals surface area contributed by atoms with Crippen LogP contribution in [0.1, 0.15) is 32.6 Å². The maximum atomic E-state index is 9.60. The number of unbranched alkanes of at least 4 members (excludes halogenated alkanes) is 2. The zero-order chi connectivity index (χ0) is 16.4. The number of hydrogen-bond acceptors (Lipinski definition) is 5. The van der Waals surface area contributed by atoms with Crippen LogP contribution < -0.4 is 5.73 Å². The highest BCUT2D eigenvalue weighted by Gasteiger charge is 1.95. The van der Waals surface area contributed by atoms with Gasteiger partial charge in [-0.1, -0.05) is 28.9 Å². The van der Waals surface area contributed by atoms with E-state index < -0.39 is 12.1 Å². The molecule has 0 fully saturated rings. The number of aliphatic carboxylic acids is 1. The number of carbonyl (C=O) groups excluding carboxylic acids is 1. The Kier molecular flexibility index (Phi) is 24.2. The number of nitrogens with two attached hydrogens (primary N) is 1. The predicted octanol–water partition coefficient (Wildman–Crippen LogP) is 1.61. The molecule has 0 saturated carbocycles. The van der Waals surface area contributed by atoms with E-state index in [4.69, 9.17) is 15.3 Å². The minimum absolute atomic E-state index is 0.262. The van der Waals surface area contributed by atoms with Crippen LogP contribution in [0.3, 0.4) is 0 Å². The monoisotopic (exact) mass is 357 g/mol. The topological polar surface area (TPSA) is 130 Å². The zero-order valence-electron chi connectivity index (χ0n) is 11.6. The molecule has 5 N–H and O–H groups in total. The number of hydrogen-bond donors (Lipinski definition) is 4. The lowest BCUT2D eigenvalue weighted by Gasteiger charge is -1.99. The van der Waals surface area contributed by atoms with Crippen molar-refractivity contribution in [1.82, 2.24) is 0 Å². The van der Waals surface area contributed by atoms with E-state index >= 15 is 0 Å². The number of carboxylic acid groups (broad SMARTS) is 1. The molecule has 0 radical (unpaired) electrons. The molecule has 0 aliphatic heterocycles. The van der Waals surface area contributed by atoms with Gasteiger partial charge < -0.3 is 25.8 Å². The summed E-state index contributed by atoms with van der Waals surface area (Å²) in [5.74, 6) is -0.981. The van der Waals surface area contributed by atoms with E-state index in [1.807, 2.05) is 0 Å². The van der Waals surface area contributed by atoms with Crippen molar-refractivity contribution < 1.29 is 29.6 Å². The Labute approximate surface area is 127 Å². The van der Waals surface area contributed by atoms with E-state index in [1.165, 1.54) is 0 Å². The summed E-state index contributed by atoms with van der Waals surface area (Å²) in [6.07, 6.45) is 3.73. The molecule has 1 atom stereocenters. The van der Waals surface area contributed by atoms with E-state index in [-0.39, 0.29) is 11.6 Å². The number of amides is 1. The van der Waals surface area contributed by atoms with Crippen molar-refractivity contribution in [3.05, 3.63) is 12.7 Å². The molecule has 8 heteroatoms. The van der Waals surface area contributed by atoms with Crippen molar-refractivity contribution in [2.24, 2.45) is 5.73 Å². The molecule has 120 valence electrons. The van der Waals surface area contributed by atoms with Crippen LogP contribution in [-0.2, 0) is 9.53 Å². The van der Waals surface area contributed by atoms with E-state index in [0.717, 1.165) is 31.8 Å². The lowest BCUT2D eigenvalue weighted by molar-refractivity contribution is -0.131. The van der Waals surface area contributed by atoms with Gasteiger partial charge in [-0.05, 0) is 26.2 Å². The van der Waals surface area contributed by atoms with Gasteiger partial charge in [-0.3, -0.25) is 0 Å². The molecule has 7 nitrogen and oxygen atoms in total. The summed E-state index contributed by atoms with van der Waals surface area (Å²) in [6.45, 7) is 5.28. The maximum Gasteiger partial charge on any atom is 0.404 e. The van der Waals surface area contributed by atoms with Gasteiger partial charge in [0.2, 0.25) is 0 Å². The first-order valence-electron chi connectivity index (χ1n) is 6.02. The highest BCUT2D eigenvalue weighted by molar-refractivity contribution is 9.09. The van der Waals surface area contributed by atoms with Gasteiger partial charge in [0.15, 0.2) is 0 Å². The molecule has 0 saturated heterocycles. The van der Waals surface area contributed by atoms with E-state index in [1.54, 1.807) is 6.92 Å². The highest BCUT2D eigenvalue weighted by atomic mass is 79.9. The number of halogens is 1. The van der Waals surface area contributed by atoms with E-state index in [0.29, 0.717) is 6.61 Å². The molecular weight excluding hydrogens is 334 g/mol. The van der Waals surface area contributed by atoms with Gasteiger partial charge >= 0.3 is 12.1 Å². The third-order valence-corrected chi connectivity index (χ3v) is 2.02. The maximum absolute atomic E-state index is 9.60. The van der Waals surface area contributed by atoms with Crippen molar-refractivity contribution in [3.8, 4) is 0 Å². The molecule has 0 rings (SSSR count). The largest absolute Gasteiger partial charge is 0.478 e. The summed E-state index contributed by atoms with van der Waals surface area (Å²) in [6, 6.07) is 0. The zero-order valence-corrected chi connectivity index (χ0v) is 13.2. The minimum atomic E-state index is -0.981. The Morgan fingerprint density at radius 2 is 1.90 bits per heavy atom. The summed E-state index contributed by atoms with van der Waals surface area (Å²) in [7, 11) is 0. The second kappa shape index (κ2) is 20.2. The summed E-state index contributed by atoms with van der Waals surface area (Å²) in [5, 5.41) is 24.3. The molecule has 0 aromatic rings. The van der Waals surface area contributed by atoms with Crippen LogP contribution in [0.25, 0.3) is 0 Å². The second-order valence-corrected chi connectivity index (χ2v) is 4.36. The number of aliphatic hydroxyl groups is 2. The number of alkyl halides is 1. The number of primary amides is 1. The van der Waals surface area contributed by atoms with Crippen LogP contribution in [0.15, 0.2) is 12.7 Å². The lowest BCUT2D eigenvalue weighted by Crippen LogP contribution is -2.11. The number of carboxylic acids is 1. The van der Waals surface area contributed by atoms with Crippen molar-refractivity contribution in [1.29, 1.82) is 0 Å². The van der Waals surface area contributed by atoms with Crippen LogP contribution in [0.5, 0.6) is 0 Å². The number of rotatable bonds is 7.